The summed E-state index contributed by atoms with van der Waals surface area (Å²) >= 11 is 0. The number of aryl methyl sites for hydroxylation is 1. The molecule has 1 saturated heterocycles. The third-order valence-electron chi connectivity index (χ3n) is 8.80. The fourth-order valence-electron chi connectivity index (χ4n) is 6.13. The molecule has 2 aromatic rings. The Bertz CT molecular complexity index is 1280. The van der Waals surface area contributed by atoms with E-state index in [1.165, 1.54) is 5.56 Å². The second kappa shape index (κ2) is 16.4. The van der Waals surface area contributed by atoms with Gasteiger partial charge in [-0.15, -0.1) is 0 Å². The molecule has 252 valence electrons. The highest BCUT2D eigenvalue weighted by atomic mass is 16.6. The molecule has 1 aliphatic carbocycles. The number of likely N-dealkylation sites (N-methyl/N-ethyl adjacent to an activating group) is 1. The molecule has 1 heterocycles. The van der Waals surface area contributed by atoms with Gasteiger partial charge in [0.1, 0.15) is 5.60 Å². The highest BCUT2D eigenvalue weighted by molar-refractivity contribution is 5.94. The zero-order chi connectivity index (χ0) is 33.3. The third-order valence-corrected chi connectivity index (χ3v) is 8.80. The minimum atomic E-state index is -0.552. The number of hydrogen-bond acceptors (Lipinski definition) is 7. The molecule has 1 aliphatic heterocycles. The molecule has 1 N–H and O–H groups in total. The van der Waals surface area contributed by atoms with Crippen LogP contribution in [0.5, 0.6) is 0 Å². The van der Waals surface area contributed by atoms with Crippen molar-refractivity contribution in [1.82, 2.24) is 20.0 Å². The smallest absolute Gasteiger partial charge is 0.410 e. The quantitative estimate of drug-likeness (QED) is 0.271. The van der Waals surface area contributed by atoms with Gasteiger partial charge in [0, 0.05) is 37.2 Å². The average Bonchev–Trinajstić information content (AvgIpc) is 3.80. The van der Waals surface area contributed by atoms with Crippen molar-refractivity contribution in [3.05, 3.63) is 70.8 Å². The highest BCUT2D eigenvalue weighted by Gasteiger charge is 2.46. The van der Waals surface area contributed by atoms with E-state index in [1.54, 1.807) is 0 Å². The van der Waals surface area contributed by atoms with Crippen molar-refractivity contribution in [3.63, 3.8) is 0 Å². The topological polar surface area (TPSA) is 91.4 Å². The summed E-state index contributed by atoms with van der Waals surface area (Å²) in [7, 11) is 3.97. The predicted octanol–water partition coefficient (Wildman–Crippen LogP) is 5.59. The number of ether oxygens (including phenoxy) is 2. The highest BCUT2D eigenvalue weighted by Crippen LogP contribution is 2.46. The monoisotopic (exact) mass is 634 g/mol. The molecule has 46 heavy (non-hydrogen) atoms. The van der Waals surface area contributed by atoms with Crippen LogP contribution in [0, 0.1) is 5.92 Å². The molecule has 2 fully saturated rings. The van der Waals surface area contributed by atoms with Crippen LogP contribution >= 0.6 is 0 Å². The number of esters is 1. The molecule has 9 heteroatoms. The first-order valence-corrected chi connectivity index (χ1v) is 16.9. The molecule has 1 saturated carbocycles. The summed E-state index contributed by atoms with van der Waals surface area (Å²) in [5.41, 5.74) is 3.09. The van der Waals surface area contributed by atoms with Crippen LogP contribution in [0.2, 0.25) is 0 Å². The molecule has 2 aliphatic rings. The summed E-state index contributed by atoms with van der Waals surface area (Å²) in [6.45, 7) is 13.2. The van der Waals surface area contributed by atoms with Crippen molar-refractivity contribution < 1.29 is 23.9 Å². The van der Waals surface area contributed by atoms with Gasteiger partial charge >= 0.3 is 12.1 Å². The number of rotatable bonds is 14. The number of nitrogens with one attached hydrogen (secondary N) is 1. The first kappa shape index (κ1) is 35.4. The number of piperidine rings is 1. The van der Waals surface area contributed by atoms with Crippen LogP contribution in [-0.4, -0.2) is 104 Å². The van der Waals surface area contributed by atoms with Crippen LogP contribution in [0.4, 0.5) is 4.79 Å². The fraction of sp³-hybridized carbons (Fsp3) is 0.595. The minimum absolute atomic E-state index is 0.0628. The number of benzene rings is 2. The Hall–Kier alpha value is -3.43. The SMILES string of the molecule is CCOC(=O)c1ccc(CCCN2CCC(CN(C(=O)OC(C)(C)C)C3CC3c3ccc(C(=O)NCCN(C)C)cc3)CC2)cc1. The Morgan fingerprint density at radius 3 is 2.22 bits per heavy atom. The molecule has 2 amide bonds. The zero-order valence-corrected chi connectivity index (χ0v) is 28.7. The van der Waals surface area contributed by atoms with Gasteiger partial charge in [0.15, 0.2) is 0 Å². The van der Waals surface area contributed by atoms with Gasteiger partial charge in [-0.25, -0.2) is 9.59 Å². The Balaban J connectivity index is 1.26. The summed E-state index contributed by atoms with van der Waals surface area (Å²) < 4.78 is 11.0. The second-order valence-electron chi connectivity index (χ2n) is 14.0. The maximum Gasteiger partial charge on any atom is 0.410 e. The Morgan fingerprint density at radius 1 is 0.957 bits per heavy atom. The number of amides is 2. The van der Waals surface area contributed by atoms with E-state index in [0.717, 1.165) is 63.8 Å². The Morgan fingerprint density at radius 2 is 1.61 bits per heavy atom. The summed E-state index contributed by atoms with van der Waals surface area (Å²) in [4.78, 5) is 44.4. The van der Waals surface area contributed by atoms with Gasteiger partial charge in [0.2, 0.25) is 0 Å². The lowest BCUT2D eigenvalue weighted by atomic mass is 9.95. The van der Waals surface area contributed by atoms with Crippen LogP contribution in [0.3, 0.4) is 0 Å². The maximum absolute atomic E-state index is 13.4. The number of nitrogens with zero attached hydrogens (tertiary/aromatic N) is 3. The van der Waals surface area contributed by atoms with Crippen molar-refractivity contribution >= 4 is 18.0 Å². The van der Waals surface area contributed by atoms with Crippen molar-refractivity contribution in [2.45, 2.75) is 77.4 Å². The summed E-state index contributed by atoms with van der Waals surface area (Å²) in [6.07, 6.45) is 4.83. The van der Waals surface area contributed by atoms with E-state index in [9.17, 15) is 14.4 Å². The molecule has 0 bridgehead atoms. The molecular formula is C37H54N4O5. The van der Waals surface area contributed by atoms with Gasteiger partial charge in [-0.2, -0.15) is 0 Å². The van der Waals surface area contributed by atoms with Crippen LogP contribution in [-0.2, 0) is 15.9 Å². The summed E-state index contributed by atoms with van der Waals surface area (Å²) in [5.74, 6) is 0.358. The first-order valence-electron chi connectivity index (χ1n) is 16.9. The van der Waals surface area contributed by atoms with Gasteiger partial charge in [-0.1, -0.05) is 24.3 Å². The van der Waals surface area contributed by atoms with Crippen LogP contribution in [0.15, 0.2) is 48.5 Å². The summed E-state index contributed by atoms with van der Waals surface area (Å²) in [5, 5.41) is 2.97. The van der Waals surface area contributed by atoms with Crippen molar-refractivity contribution in [2.75, 3.05) is 60.0 Å². The zero-order valence-electron chi connectivity index (χ0n) is 28.7. The number of hydrogen-bond donors (Lipinski definition) is 1. The molecule has 2 unspecified atom stereocenters. The maximum atomic E-state index is 13.4. The van der Waals surface area contributed by atoms with Gasteiger partial charge < -0.3 is 29.5 Å². The lowest BCUT2D eigenvalue weighted by Crippen LogP contribution is -2.44. The van der Waals surface area contributed by atoms with Crippen molar-refractivity contribution in [2.24, 2.45) is 5.92 Å². The molecule has 9 nitrogen and oxygen atoms in total. The van der Waals surface area contributed by atoms with E-state index in [2.05, 4.69) is 10.2 Å². The lowest BCUT2D eigenvalue weighted by molar-refractivity contribution is 0.0171. The average molecular weight is 635 g/mol. The van der Waals surface area contributed by atoms with Gasteiger partial charge in [-0.3, -0.25) is 4.79 Å². The Labute approximate surface area is 275 Å². The molecule has 4 rings (SSSR count). The molecule has 0 aromatic heterocycles. The number of carbonyl (C=O) groups excluding carboxylic acids is 3. The van der Waals surface area contributed by atoms with Crippen LogP contribution < -0.4 is 5.32 Å². The van der Waals surface area contributed by atoms with Gasteiger partial charge in [0.05, 0.1) is 12.2 Å². The summed E-state index contributed by atoms with van der Waals surface area (Å²) in [6, 6.07) is 15.7. The molecule has 2 atom stereocenters. The fourth-order valence-corrected chi connectivity index (χ4v) is 6.13. The third kappa shape index (κ3) is 10.8. The van der Waals surface area contributed by atoms with E-state index in [4.69, 9.17) is 9.47 Å². The number of likely N-dealkylation sites (tertiary alicyclic amines) is 1. The van der Waals surface area contributed by atoms with E-state index in [1.807, 2.05) is 100 Å². The number of carbonyl (C=O) groups is 3. The lowest BCUT2D eigenvalue weighted by Gasteiger charge is -2.36. The predicted molar refractivity (Wildman–Crippen MR) is 181 cm³/mol. The van der Waals surface area contributed by atoms with Gasteiger partial charge in [0.25, 0.3) is 5.91 Å². The van der Waals surface area contributed by atoms with Crippen LogP contribution in [0.1, 0.15) is 91.1 Å². The van der Waals surface area contributed by atoms with Crippen molar-refractivity contribution in [3.8, 4) is 0 Å². The molecular weight excluding hydrogens is 580 g/mol. The van der Waals surface area contributed by atoms with Crippen LogP contribution in [0.25, 0.3) is 0 Å². The van der Waals surface area contributed by atoms with E-state index in [-0.39, 0.29) is 29.9 Å². The van der Waals surface area contributed by atoms with E-state index in [0.29, 0.717) is 36.7 Å². The Kier molecular flexibility index (Phi) is 12.6. The minimum Gasteiger partial charge on any atom is -0.462 e. The molecule has 0 spiro atoms. The first-order chi connectivity index (χ1) is 21.9. The second-order valence-corrected chi connectivity index (χ2v) is 14.0. The standard InChI is InChI=1S/C37H54N4O5/c1-7-45-35(43)31-12-10-27(11-13-31)9-8-21-40-22-18-28(19-23-40)26-41(36(44)46-37(2,3)4)33-25-32(33)29-14-16-30(17-15-29)34(42)38-20-24-39(5)6/h10-17,28,32-33H,7-9,18-26H2,1-6H3,(H,38,42). The van der Waals surface area contributed by atoms with E-state index < -0.39 is 5.60 Å². The van der Waals surface area contributed by atoms with Gasteiger partial charge in [-0.05, 0) is 135 Å². The molecule has 2 aromatic carbocycles. The largest absolute Gasteiger partial charge is 0.462 e. The molecule has 0 radical (unpaired) electrons. The normalized spacial score (nSPS) is 18.7. The van der Waals surface area contributed by atoms with E-state index >= 15 is 0 Å². The van der Waals surface area contributed by atoms with Crippen molar-refractivity contribution in [1.29, 1.82) is 0 Å².